The Morgan fingerprint density at radius 1 is 0.923 bits per heavy atom. The second-order valence-electron chi connectivity index (χ2n) is 6.97. The van der Waals surface area contributed by atoms with E-state index in [0.29, 0.717) is 0 Å². The summed E-state index contributed by atoms with van der Waals surface area (Å²) in [4.78, 5) is 15.6. The van der Waals surface area contributed by atoms with Crippen LogP contribution in [-0.2, 0) is 0 Å². The summed E-state index contributed by atoms with van der Waals surface area (Å²) >= 11 is 1.73. The van der Waals surface area contributed by atoms with Crippen molar-refractivity contribution >= 4 is 34.0 Å². The van der Waals surface area contributed by atoms with Crippen molar-refractivity contribution in [3.05, 3.63) is 48.8 Å². The molecule has 0 saturated carbocycles. The molecule has 2 aromatic heterocycles. The summed E-state index contributed by atoms with van der Waals surface area (Å²) in [6.07, 6.45) is 7.93. The minimum Gasteiger partial charge on any atom is -0.336 e. The lowest BCUT2D eigenvalue weighted by Gasteiger charge is -2.35. The van der Waals surface area contributed by atoms with E-state index in [4.69, 9.17) is 0 Å². The molecule has 3 aromatic rings. The predicted octanol–water partition coefficient (Wildman–Crippen LogP) is 4.72. The molecule has 0 N–H and O–H groups in total. The lowest BCUT2D eigenvalue weighted by atomic mass is 10.1. The lowest BCUT2D eigenvalue weighted by Crippen LogP contribution is -2.37. The van der Waals surface area contributed by atoms with Crippen LogP contribution in [0.5, 0.6) is 0 Å². The van der Waals surface area contributed by atoms with Crippen molar-refractivity contribution < 1.29 is 0 Å². The molecule has 1 fully saturated rings. The van der Waals surface area contributed by atoms with Crippen LogP contribution in [0.3, 0.4) is 0 Å². The minimum absolute atomic E-state index is 0.986. The number of fused-ring (bicyclic) bond motifs is 4. The summed E-state index contributed by atoms with van der Waals surface area (Å²) in [5.74, 6) is 0. The summed E-state index contributed by atoms with van der Waals surface area (Å²) in [6.45, 7) is 4.54. The molecule has 26 heavy (non-hydrogen) atoms. The topological polar surface area (TPSA) is 32.3 Å². The van der Waals surface area contributed by atoms with Crippen molar-refractivity contribution in [1.82, 2.24) is 14.9 Å². The second kappa shape index (κ2) is 6.89. The van der Waals surface area contributed by atoms with E-state index in [0.717, 1.165) is 23.6 Å². The molecule has 0 bridgehead atoms. The first-order chi connectivity index (χ1) is 12.9. The molecule has 0 aliphatic carbocycles. The quantitative estimate of drug-likeness (QED) is 0.673. The van der Waals surface area contributed by atoms with Gasteiger partial charge < -0.3 is 9.80 Å². The van der Waals surface area contributed by atoms with Gasteiger partial charge in [0.05, 0.1) is 21.8 Å². The smallest absolute Gasteiger partial charge is 0.125 e. The van der Waals surface area contributed by atoms with Gasteiger partial charge in [-0.25, -0.2) is 4.98 Å². The molecule has 4 nitrogen and oxygen atoms in total. The zero-order chi connectivity index (χ0) is 17.3. The largest absolute Gasteiger partial charge is 0.336 e. The van der Waals surface area contributed by atoms with Crippen LogP contribution >= 0.6 is 11.8 Å². The fourth-order valence-corrected chi connectivity index (χ4v) is 5.04. The van der Waals surface area contributed by atoms with Gasteiger partial charge in [-0.2, -0.15) is 0 Å². The van der Waals surface area contributed by atoms with Gasteiger partial charge in [0.2, 0.25) is 0 Å². The van der Waals surface area contributed by atoms with Gasteiger partial charge in [-0.05, 0) is 44.1 Å². The average Bonchev–Trinajstić information content (AvgIpc) is 2.71. The Morgan fingerprint density at radius 3 is 2.73 bits per heavy atom. The fourth-order valence-electron chi connectivity index (χ4n) is 4.01. The molecule has 1 aromatic carbocycles. The number of nitrogens with zero attached hydrogens (tertiary/aromatic N) is 4. The Hall–Kier alpha value is -2.11. The van der Waals surface area contributed by atoms with Crippen LogP contribution in [0.15, 0.2) is 58.7 Å². The first kappa shape index (κ1) is 16.1. The Morgan fingerprint density at radius 2 is 1.81 bits per heavy atom. The van der Waals surface area contributed by atoms with Gasteiger partial charge in [0, 0.05) is 30.9 Å². The van der Waals surface area contributed by atoms with Crippen LogP contribution in [0, 0.1) is 0 Å². The van der Waals surface area contributed by atoms with Gasteiger partial charge in [0.1, 0.15) is 5.03 Å². The number of hydrogen-bond donors (Lipinski definition) is 0. The standard InChI is InChI=1S/C21H22N4S/c1-4-11-24(12-5-1)13-14-25-18-9-6-10-22-21(18)26-19-15-23-17-8-3-2-7-16(17)20(19)25/h2-3,6-10,15H,1,4-5,11-14H2. The lowest BCUT2D eigenvalue weighted by molar-refractivity contribution is 0.234. The number of para-hydroxylation sites is 1. The van der Waals surface area contributed by atoms with Crippen LogP contribution in [-0.4, -0.2) is 41.0 Å². The molecular weight excluding hydrogens is 340 g/mol. The third kappa shape index (κ3) is 2.85. The van der Waals surface area contributed by atoms with Gasteiger partial charge in [-0.3, -0.25) is 4.98 Å². The van der Waals surface area contributed by atoms with Crippen molar-refractivity contribution in [3.8, 4) is 0 Å². The first-order valence-electron chi connectivity index (χ1n) is 9.41. The Balaban J connectivity index is 1.57. The molecule has 4 heterocycles. The highest BCUT2D eigenvalue weighted by atomic mass is 32.2. The molecule has 0 spiro atoms. The zero-order valence-electron chi connectivity index (χ0n) is 14.8. The van der Waals surface area contributed by atoms with Crippen LogP contribution < -0.4 is 4.90 Å². The highest BCUT2D eigenvalue weighted by molar-refractivity contribution is 7.99. The molecule has 2 aliphatic heterocycles. The maximum Gasteiger partial charge on any atom is 0.125 e. The maximum absolute atomic E-state index is 4.67. The van der Waals surface area contributed by atoms with E-state index in [2.05, 4.69) is 50.1 Å². The minimum atomic E-state index is 0.986. The number of benzene rings is 1. The van der Waals surface area contributed by atoms with Gasteiger partial charge in [-0.1, -0.05) is 36.4 Å². The van der Waals surface area contributed by atoms with Crippen molar-refractivity contribution in [3.63, 3.8) is 0 Å². The maximum atomic E-state index is 4.67. The van der Waals surface area contributed by atoms with Crippen LogP contribution in [0.4, 0.5) is 11.4 Å². The number of piperidine rings is 1. The summed E-state index contributed by atoms with van der Waals surface area (Å²) in [5, 5.41) is 2.31. The normalized spacial score (nSPS) is 17.2. The number of hydrogen-bond acceptors (Lipinski definition) is 5. The Kier molecular flexibility index (Phi) is 4.27. The number of anilines is 2. The van der Waals surface area contributed by atoms with Crippen molar-refractivity contribution in [2.24, 2.45) is 0 Å². The predicted molar refractivity (Wildman–Crippen MR) is 107 cm³/mol. The van der Waals surface area contributed by atoms with Crippen molar-refractivity contribution in [2.45, 2.75) is 29.2 Å². The van der Waals surface area contributed by atoms with E-state index in [9.17, 15) is 0 Å². The monoisotopic (exact) mass is 362 g/mol. The van der Waals surface area contributed by atoms with E-state index >= 15 is 0 Å². The molecule has 5 heteroatoms. The molecule has 0 atom stereocenters. The highest BCUT2D eigenvalue weighted by Gasteiger charge is 2.27. The number of rotatable bonds is 3. The Labute approximate surface area is 158 Å². The van der Waals surface area contributed by atoms with Crippen LogP contribution in [0.25, 0.3) is 10.9 Å². The van der Waals surface area contributed by atoms with Crippen molar-refractivity contribution in [1.29, 1.82) is 0 Å². The van der Waals surface area contributed by atoms with Gasteiger partial charge in [0.25, 0.3) is 0 Å². The average molecular weight is 363 g/mol. The third-order valence-corrected chi connectivity index (χ3v) is 6.35. The van der Waals surface area contributed by atoms with E-state index < -0.39 is 0 Å². The summed E-state index contributed by atoms with van der Waals surface area (Å²) < 4.78 is 0. The molecule has 0 amide bonds. The number of likely N-dealkylation sites (tertiary alicyclic amines) is 1. The fraction of sp³-hybridized carbons (Fsp3) is 0.333. The van der Waals surface area contributed by atoms with Crippen LogP contribution in [0.1, 0.15) is 19.3 Å². The number of aromatic nitrogens is 2. The van der Waals surface area contributed by atoms with E-state index in [-0.39, 0.29) is 0 Å². The van der Waals surface area contributed by atoms with E-state index in [1.807, 2.05) is 18.5 Å². The van der Waals surface area contributed by atoms with Crippen LogP contribution in [0.2, 0.25) is 0 Å². The van der Waals surface area contributed by atoms with E-state index in [1.54, 1.807) is 11.8 Å². The van der Waals surface area contributed by atoms with Gasteiger partial charge >= 0.3 is 0 Å². The molecule has 1 saturated heterocycles. The van der Waals surface area contributed by atoms with Crippen molar-refractivity contribution in [2.75, 3.05) is 31.1 Å². The van der Waals surface area contributed by atoms with Gasteiger partial charge in [0.15, 0.2) is 0 Å². The SMILES string of the molecule is c1cnc2c(c1)N(CCN1CCCCC1)c1c(cnc3ccccc13)S2. The van der Waals surface area contributed by atoms with Gasteiger partial charge in [-0.15, -0.1) is 0 Å². The molecule has 5 rings (SSSR count). The molecule has 132 valence electrons. The highest BCUT2D eigenvalue weighted by Crippen LogP contribution is 2.49. The van der Waals surface area contributed by atoms with E-state index in [1.165, 1.54) is 54.0 Å². The molecular formula is C21H22N4S. The Bertz CT molecular complexity index is 936. The molecule has 2 aliphatic rings. The zero-order valence-corrected chi connectivity index (χ0v) is 15.6. The summed E-state index contributed by atoms with van der Waals surface area (Å²) in [5.41, 5.74) is 3.57. The molecule has 0 radical (unpaired) electrons. The summed E-state index contributed by atoms with van der Waals surface area (Å²) in [6, 6.07) is 12.7. The molecule has 0 unspecified atom stereocenters. The second-order valence-corrected chi connectivity index (χ2v) is 8.00. The number of pyridine rings is 2. The third-order valence-electron chi connectivity index (χ3n) is 5.32. The first-order valence-corrected chi connectivity index (χ1v) is 10.2. The summed E-state index contributed by atoms with van der Waals surface area (Å²) in [7, 11) is 0.